The van der Waals surface area contributed by atoms with Gasteiger partial charge in [-0.1, -0.05) is 6.92 Å². The molecule has 1 atom stereocenters. The maximum absolute atomic E-state index is 10.9. The molecule has 4 heteroatoms. The molecule has 1 saturated heterocycles. The molecule has 0 saturated carbocycles. The molecule has 2 N–H and O–H groups in total. The Morgan fingerprint density at radius 3 is 2.82 bits per heavy atom. The number of carbonyl (C=O) groups is 2. The van der Waals surface area contributed by atoms with Gasteiger partial charge in [-0.05, 0) is 6.42 Å². The van der Waals surface area contributed by atoms with E-state index in [2.05, 4.69) is 0 Å². The third-order valence-electron chi connectivity index (χ3n) is 1.86. The van der Waals surface area contributed by atoms with Gasteiger partial charge in [-0.3, -0.25) is 9.59 Å². The normalized spacial score (nSPS) is 23.2. The largest absolute Gasteiger partial charge is 0.368 e. The molecule has 1 aliphatic heterocycles. The van der Waals surface area contributed by atoms with Crippen LogP contribution in [0.3, 0.4) is 0 Å². The topological polar surface area (TPSA) is 63.4 Å². The molecule has 11 heavy (non-hydrogen) atoms. The number of nitrogens with two attached hydrogens (primary N) is 1. The maximum Gasteiger partial charge on any atom is 0.240 e. The zero-order valence-corrected chi connectivity index (χ0v) is 6.54. The number of β-lactam (4-membered cyclic amide) rings is 1. The van der Waals surface area contributed by atoms with Gasteiger partial charge in [-0.2, -0.15) is 0 Å². The van der Waals surface area contributed by atoms with Crippen LogP contribution in [0.25, 0.3) is 0 Å². The van der Waals surface area contributed by atoms with Gasteiger partial charge in [0.25, 0.3) is 0 Å². The monoisotopic (exact) mass is 156 g/mol. The second-order valence-electron chi connectivity index (χ2n) is 2.71. The Hall–Kier alpha value is -1.06. The van der Waals surface area contributed by atoms with Crippen molar-refractivity contribution in [2.24, 2.45) is 5.73 Å². The van der Waals surface area contributed by atoms with Gasteiger partial charge in [-0.15, -0.1) is 0 Å². The number of hydrogen-bond acceptors (Lipinski definition) is 2. The number of nitrogens with zero attached hydrogens (tertiary/aromatic N) is 1. The molecule has 0 radical (unpaired) electrons. The van der Waals surface area contributed by atoms with E-state index >= 15 is 0 Å². The number of amides is 2. The molecule has 0 aromatic rings. The Labute approximate surface area is 65.3 Å². The van der Waals surface area contributed by atoms with Gasteiger partial charge < -0.3 is 10.6 Å². The highest BCUT2D eigenvalue weighted by molar-refractivity contribution is 5.96. The zero-order chi connectivity index (χ0) is 8.43. The summed E-state index contributed by atoms with van der Waals surface area (Å²) in [5.41, 5.74) is 5.05. The van der Waals surface area contributed by atoms with E-state index < -0.39 is 5.91 Å². The fourth-order valence-electron chi connectivity index (χ4n) is 1.23. The summed E-state index contributed by atoms with van der Waals surface area (Å²) in [6.07, 6.45) is 1.17. The molecule has 1 aliphatic rings. The molecule has 0 aromatic heterocycles. The maximum atomic E-state index is 10.9. The summed E-state index contributed by atoms with van der Waals surface area (Å²) in [7, 11) is 0. The van der Waals surface area contributed by atoms with Crippen LogP contribution in [0.1, 0.15) is 19.8 Å². The molecule has 0 aliphatic carbocycles. The molecule has 0 bridgehead atoms. The minimum atomic E-state index is -0.391. The molecule has 0 spiro atoms. The molecule has 1 rings (SSSR count). The van der Waals surface area contributed by atoms with Crippen molar-refractivity contribution in [2.75, 3.05) is 6.54 Å². The van der Waals surface area contributed by atoms with Gasteiger partial charge >= 0.3 is 0 Å². The number of carbonyl (C=O) groups excluding carboxylic acids is 2. The van der Waals surface area contributed by atoms with Crippen molar-refractivity contribution in [3.05, 3.63) is 0 Å². The SMILES string of the molecule is CCCN1C(=O)C[C@@H]1C(N)=O. The predicted octanol–water partition coefficient (Wildman–Crippen LogP) is -0.517. The quantitative estimate of drug-likeness (QED) is 0.559. The Morgan fingerprint density at radius 1 is 1.82 bits per heavy atom. The lowest BCUT2D eigenvalue weighted by atomic mass is 10.0. The van der Waals surface area contributed by atoms with Gasteiger partial charge in [0.2, 0.25) is 11.8 Å². The predicted molar refractivity (Wildman–Crippen MR) is 39.6 cm³/mol. The third-order valence-corrected chi connectivity index (χ3v) is 1.86. The highest BCUT2D eigenvalue weighted by Crippen LogP contribution is 2.18. The Kier molecular flexibility index (Phi) is 2.12. The first-order valence-corrected chi connectivity index (χ1v) is 3.75. The standard InChI is InChI=1S/C7H12N2O2/c1-2-3-9-5(7(8)11)4-6(9)10/h5H,2-4H2,1H3,(H2,8,11)/t5-/m1/s1. The van der Waals surface area contributed by atoms with Crippen molar-refractivity contribution >= 4 is 11.8 Å². The van der Waals surface area contributed by atoms with Crippen molar-refractivity contribution < 1.29 is 9.59 Å². The van der Waals surface area contributed by atoms with Crippen LogP contribution in [0, 0.1) is 0 Å². The minimum Gasteiger partial charge on any atom is -0.368 e. The lowest BCUT2D eigenvalue weighted by Crippen LogP contribution is -2.58. The average molecular weight is 156 g/mol. The van der Waals surface area contributed by atoms with Crippen molar-refractivity contribution in [1.29, 1.82) is 0 Å². The summed E-state index contributed by atoms with van der Waals surface area (Å²) < 4.78 is 0. The van der Waals surface area contributed by atoms with Crippen LogP contribution in [0.2, 0.25) is 0 Å². The van der Waals surface area contributed by atoms with Crippen molar-refractivity contribution in [3.8, 4) is 0 Å². The molecule has 2 amide bonds. The van der Waals surface area contributed by atoms with Gasteiger partial charge in [0.15, 0.2) is 0 Å². The van der Waals surface area contributed by atoms with Crippen LogP contribution in [-0.2, 0) is 9.59 Å². The van der Waals surface area contributed by atoms with E-state index in [-0.39, 0.29) is 11.9 Å². The fourth-order valence-corrected chi connectivity index (χ4v) is 1.23. The van der Waals surface area contributed by atoms with E-state index in [9.17, 15) is 9.59 Å². The molecule has 62 valence electrons. The van der Waals surface area contributed by atoms with E-state index in [1.165, 1.54) is 4.90 Å². The van der Waals surface area contributed by atoms with Gasteiger partial charge in [0.1, 0.15) is 6.04 Å². The smallest absolute Gasteiger partial charge is 0.240 e. The fraction of sp³-hybridized carbons (Fsp3) is 0.714. The molecule has 0 aromatic carbocycles. The lowest BCUT2D eigenvalue weighted by molar-refractivity contribution is -0.152. The summed E-state index contributed by atoms with van der Waals surface area (Å²) in [6.45, 7) is 2.61. The van der Waals surface area contributed by atoms with Crippen LogP contribution in [-0.4, -0.2) is 29.3 Å². The Morgan fingerprint density at radius 2 is 2.45 bits per heavy atom. The number of hydrogen-bond donors (Lipinski definition) is 1. The van der Waals surface area contributed by atoms with Crippen LogP contribution in [0.4, 0.5) is 0 Å². The van der Waals surface area contributed by atoms with Gasteiger partial charge in [0, 0.05) is 6.54 Å². The second kappa shape index (κ2) is 2.90. The molecule has 1 fully saturated rings. The number of primary amides is 1. The zero-order valence-electron chi connectivity index (χ0n) is 6.54. The lowest BCUT2D eigenvalue weighted by Gasteiger charge is -2.37. The summed E-state index contributed by atoms with van der Waals surface area (Å²) in [4.78, 5) is 23.0. The highest BCUT2D eigenvalue weighted by atomic mass is 16.2. The summed E-state index contributed by atoms with van der Waals surface area (Å²) in [6, 6.07) is -0.331. The van der Waals surface area contributed by atoms with E-state index in [4.69, 9.17) is 5.73 Å². The summed E-state index contributed by atoms with van der Waals surface area (Å²) in [5, 5.41) is 0. The van der Waals surface area contributed by atoms with Crippen molar-refractivity contribution in [1.82, 2.24) is 4.90 Å². The first-order chi connectivity index (χ1) is 5.16. The van der Waals surface area contributed by atoms with Gasteiger partial charge in [-0.25, -0.2) is 0 Å². The third kappa shape index (κ3) is 1.34. The van der Waals surface area contributed by atoms with E-state index in [0.29, 0.717) is 13.0 Å². The molecular formula is C7H12N2O2. The number of likely N-dealkylation sites (tertiary alicyclic amines) is 1. The molecular weight excluding hydrogens is 144 g/mol. The highest BCUT2D eigenvalue weighted by Gasteiger charge is 2.38. The molecule has 1 heterocycles. The Bertz CT molecular complexity index is 191. The average Bonchev–Trinajstić information content (AvgIpc) is 1.95. The molecule has 4 nitrogen and oxygen atoms in total. The Balaban J connectivity index is 2.47. The van der Waals surface area contributed by atoms with E-state index in [1.807, 2.05) is 6.92 Å². The summed E-state index contributed by atoms with van der Waals surface area (Å²) >= 11 is 0. The van der Waals surface area contributed by atoms with Crippen LogP contribution in [0.15, 0.2) is 0 Å². The number of rotatable bonds is 3. The first-order valence-electron chi connectivity index (χ1n) is 3.75. The van der Waals surface area contributed by atoms with E-state index in [0.717, 1.165) is 6.42 Å². The van der Waals surface area contributed by atoms with Gasteiger partial charge in [0.05, 0.1) is 6.42 Å². The van der Waals surface area contributed by atoms with E-state index in [1.54, 1.807) is 0 Å². The van der Waals surface area contributed by atoms with Crippen LogP contribution >= 0.6 is 0 Å². The van der Waals surface area contributed by atoms with Crippen LogP contribution in [0.5, 0.6) is 0 Å². The van der Waals surface area contributed by atoms with Crippen molar-refractivity contribution in [3.63, 3.8) is 0 Å². The second-order valence-corrected chi connectivity index (χ2v) is 2.71. The first kappa shape index (κ1) is 8.04. The minimum absolute atomic E-state index is 0.0376. The summed E-state index contributed by atoms with van der Waals surface area (Å²) in [5.74, 6) is -0.353. The molecule has 0 unspecified atom stereocenters. The van der Waals surface area contributed by atoms with Crippen molar-refractivity contribution in [2.45, 2.75) is 25.8 Å². The van der Waals surface area contributed by atoms with Crippen LogP contribution < -0.4 is 5.73 Å².